The third kappa shape index (κ3) is 4.36. The first kappa shape index (κ1) is 16.1. The summed E-state index contributed by atoms with van der Waals surface area (Å²) in [6.45, 7) is 1.99. The number of thioether (sulfide) groups is 1. The summed E-state index contributed by atoms with van der Waals surface area (Å²) in [7, 11) is 0. The van der Waals surface area contributed by atoms with E-state index in [9.17, 15) is 9.90 Å². The van der Waals surface area contributed by atoms with Crippen LogP contribution in [-0.2, 0) is 5.75 Å². The molecule has 0 radical (unpaired) electrons. The Morgan fingerprint density at radius 1 is 1.43 bits per heavy atom. The molecule has 1 saturated carbocycles. The van der Waals surface area contributed by atoms with Crippen LogP contribution in [0.2, 0.25) is 0 Å². The molecular formula is C17H20N2O3S. The quantitative estimate of drug-likeness (QED) is 0.763. The highest BCUT2D eigenvalue weighted by atomic mass is 32.2. The predicted octanol–water partition coefficient (Wildman–Crippen LogP) is 2.86. The molecule has 0 saturated heterocycles. The second-order valence-electron chi connectivity index (χ2n) is 6.09. The molecule has 0 bridgehead atoms. The van der Waals surface area contributed by atoms with Gasteiger partial charge in [-0.2, -0.15) is 4.98 Å². The molecule has 2 aromatic rings. The van der Waals surface area contributed by atoms with Crippen LogP contribution in [0, 0.1) is 5.92 Å². The molecule has 1 unspecified atom stereocenters. The molecule has 5 nitrogen and oxygen atoms in total. The fourth-order valence-corrected chi connectivity index (χ4v) is 3.11. The van der Waals surface area contributed by atoms with Crippen LogP contribution in [0.25, 0.3) is 0 Å². The second-order valence-corrected chi connectivity index (χ2v) is 7.01. The van der Waals surface area contributed by atoms with Crippen molar-refractivity contribution in [2.45, 2.75) is 36.3 Å². The first-order valence-corrected chi connectivity index (χ1v) is 8.66. The SMILES string of the molecule is CC(O)(CNC(=O)c1coc(SCc2ccccc2)n1)C1CC1. The van der Waals surface area contributed by atoms with E-state index in [1.54, 1.807) is 6.92 Å². The van der Waals surface area contributed by atoms with E-state index in [2.05, 4.69) is 10.3 Å². The maximum absolute atomic E-state index is 12.1. The number of aromatic nitrogens is 1. The monoisotopic (exact) mass is 332 g/mol. The summed E-state index contributed by atoms with van der Waals surface area (Å²) in [6.07, 6.45) is 3.40. The normalized spacial score (nSPS) is 16.8. The molecular weight excluding hydrogens is 312 g/mol. The zero-order chi connectivity index (χ0) is 16.3. The summed E-state index contributed by atoms with van der Waals surface area (Å²) in [5, 5.41) is 13.4. The van der Waals surface area contributed by atoms with Crippen LogP contribution < -0.4 is 5.32 Å². The van der Waals surface area contributed by atoms with Gasteiger partial charge in [0.05, 0.1) is 5.60 Å². The van der Waals surface area contributed by atoms with Gasteiger partial charge < -0.3 is 14.8 Å². The van der Waals surface area contributed by atoms with Crippen LogP contribution >= 0.6 is 11.8 Å². The van der Waals surface area contributed by atoms with Gasteiger partial charge in [-0.3, -0.25) is 4.79 Å². The molecule has 2 N–H and O–H groups in total. The Bertz CT molecular complexity index is 665. The Morgan fingerprint density at radius 2 is 2.17 bits per heavy atom. The predicted molar refractivity (Wildman–Crippen MR) is 88.2 cm³/mol. The minimum absolute atomic E-state index is 0.232. The minimum Gasteiger partial charge on any atom is -0.439 e. The Morgan fingerprint density at radius 3 is 2.87 bits per heavy atom. The van der Waals surface area contributed by atoms with Crippen molar-refractivity contribution in [2.24, 2.45) is 5.92 Å². The second kappa shape index (κ2) is 6.76. The topological polar surface area (TPSA) is 75.4 Å². The van der Waals surface area contributed by atoms with E-state index in [0.717, 1.165) is 18.6 Å². The van der Waals surface area contributed by atoms with Crippen molar-refractivity contribution < 1.29 is 14.3 Å². The minimum atomic E-state index is -0.843. The fourth-order valence-electron chi connectivity index (χ4n) is 2.35. The van der Waals surface area contributed by atoms with Crippen LogP contribution in [0.3, 0.4) is 0 Å². The standard InChI is InChI=1S/C17H20N2O3S/c1-17(21,13-7-8-13)11-18-15(20)14-9-22-16(19-14)23-10-12-5-3-2-4-6-12/h2-6,9,13,21H,7-8,10-11H2,1H3,(H,18,20). The number of nitrogens with one attached hydrogen (secondary N) is 1. The lowest BCUT2D eigenvalue weighted by Crippen LogP contribution is -2.42. The molecule has 1 amide bonds. The Kier molecular flexibility index (Phi) is 4.73. The number of nitrogens with zero attached hydrogens (tertiary/aromatic N) is 1. The summed E-state index contributed by atoms with van der Waals surface area (Å²) >= 11 is 1.44. The number of hydrogen-bond donors (Lipinski definition) is 2. The van der Waals surface area contributed by atoms with Gasteiger partial charge in [-0.25, -0.2) is 0 Å². The van der Waals surface area contributed by atoms with Gasteiger partial charge in [0.1, 0.15) is 6.26 Å². The lowest BCUT2D eigenvalue weighted by molar-refractivity contribution is 0.0353. The average Bonchev–Trinajstić information content (AvgIpc) is 3.32. The van der Waals surface area contributed by atoms with Gasteiger partial charge in [0.15, 0.2) is 5.69 Å². The first-order chi connectivity index (χ1) is 11.0. The highest BCUT2D eigenvalue weighted by Gasteiger charge is 2.40. The van der Waals surface area contributed by atoms with E-state index in [1.165, 1.54) is 23.6 Å². The van der Waals surface area contributed by atoms with E-state index < -0.39 is 5.60 Å². The zero-order valence-corrected chi connectivity index (χ0v) is 13.8. The van der Waals surface area contributed by atoms with Crippen molar-refractivity contribution in [3.05, 3.63) is 47.9 Å². The number of hydrogen-bond acceptors (Lipinski definition) is 5. The Labute approximate surface area is 139 Å². The van der Waals surface area contributed by atoms with Crippen molar-refractivity contribution in [2.75, 3.05) is 6.54 Å². The summed E-state index contributed by atoms with van der Waals surface area (Å²) < 4.78 is 5.33. The van der Waals surface area contributed by atoms with Crippen LogP contribution in [0.1, 0.15) is 35.8 Å². The number of carbonyl (C=O) groups is 1. The smallest absolute Gasteiger partial charge is 0.273 e. The summed E-state index contributed by atoms with van der Waals surface area (Å²) in [4.78, 5) is 16.3. The maximum atomic E-state index is 12.1. The lowest BCUT2D eigenvalue weighted by Gasteiger charge is -2.22. The third-order valence-electron chi connectivity index (χ3n) is 3.98. The molecule has 23 heavy (non-hydrogen) atoms. The van der Waals surface area contributed by atoms with Gasteiger partial charge >= 0.3 is 0 Å². The van der Waals surface area contributed by atoms with E-state index in [-0.39, 0.29) is 24.1 Å². The zero-order valence-electron chi connectivity index (χ0n) is 13.0. The van der Waals surface area contributed by atoms with Gasteiger partial charge in [0.25, 0.3) is 11.1 Å². The average molecular weight is 332 g/mol. The molecule has 1 heterocycles. The summed E-state index contributed by atoms with van der Waals surface area (Å²) in [6, 6.07) is 10.00. The van der Waals surface area contributed by atoms with Gasteiger partial charge in [-0.05, 0) is 31.2 Å². The van der Waals surface area contributed by atoms with E-state index >= 15 is 0 Å². The van der Waals surface area contributed by atoms with Gasteiger partial charge in [-0.1, -0.05) is 42.1 Å². The van der Waals surface area contributed by atoms with Crippen LogP contribution in [0.5, 0.6) is 0 Å². The number of oxazole rings is 1. The lowest BCUT2D eigenvalue weighted by atomic mass is 10.0. The van der Waals surface area contributed by atoms with Crippen molar-refractivity contribution in [1.29, 1.82) is 0 Å². The van der Waals surface area contributed by atoms with E-state index in [4.69, 9.17) is 4.42 Å². The Hall–Kier alpha value is -1.79. The molecule has 1 aliphatic carbocycles. The largest absolute Gasteiger partial charge is 0.439 e. The summed E-state index contributed by atoms with van der Waals surface area (Å²) in [5.74, 6) is 0.706. The number of benzene rings is 1. The van der Waals surface area contributed by atoms with Crippen molar-refractivity contribution in [1.82, 2.24) is 10.3 Å². The molecule has 1 atom stereocenters. The number of amides is 1. The molecule has 1 aliphatic rings. The van der Waals surface area contributed by atoms with Crippen LogP contribution in [0.15, 0.2) is 46.2 Å². The van der Waals surface area contributed by atoms with E-state index in [1.807, 2.05) is 30.3 Å². The molecule has 1 aromatic heterocycles. The molecule has 0 aliphatic heterocycles. The number of carbonyl (C=O) groups excluding carboxylic acids is 1. The number of rotatable bonds is 7. The number of aliphatic hydroxyl groups is 1. The molecule has 122 valence electrons. The fraction of sp³-hybridized carbons (Fsp3) is 0.412. The molecule has 6 heteroatoms. The Balaban J connectivity index is 1.51. The maximum Gasteiger partial charge on any atom is 0.273 e. The van der Waals surface area contributed by atoms with Crippen molar-refractivity contribution in [3.8, 4) is 0 Å². The molecule has 1 aromatic carbocycles. The third-order valence-corrected chi connectivity index (χ3v) is 4.90. The molecule has 1 fully saturated rings. The summed E-state index contributed by atoms with van der Waals surface area (Å²) in [5.41, 5.74) is 0.568. The van der Waals surface area contributed by atoms with Crippen molar-refractivity contribution >= 4 is 17.7 Å². The van der Waals surface area contributed by atoms with Crippen molar-refractivity contribution in [3.63, 3.8) is 0 Å². The molecule has 3 rings (SSSR count). The van der Waals surface area contributed by atoms with E-state index in [0.29, 0.717) is 5.22 Å². The first-order valence-electron chi connectivity index (χ1n) is 7.67. The van der Waals surface area contributed by atoms with Gasteiger partial charge in [0, 0.05) is 12.3 Å². The van der Waals surface area contributed by atoms with Gasteiger partial charge in [-0.15, -0.1) is 0 Å². The highest BCUT2D eigenvalue weighted by molar-refractivity contribution is 7.98. The highest BCUT2D eigenvalue weighted by Crippen LogP contribution is 2.39. The van der Waals surface area contributed by atoms with Gasteiger partial charge in [0.2, 0.25) is 0 Å². The van der Waals surface area contributed by atoms with Crippen LogP contribution in [0.4, 0.5) is 0 Å². The molecule has 0 spiro atoms. The van der Waals surface area contributed by atoms with Crippen LogP contribution in [-0.4, -0.2) is 28.1 Å².